The highest BCUT2D eigenvalue weighted by Crippen LogP contribution is 2.44. The Balaban J connectivity index is 1.31. The fraction of sp³-hybridized carbons (Fsp3) is 0.444. The molecular weight excluding hydrogens is 448 g/mol. The number of carboxylic acid groups (broad SMARTS) is 1. The van der Waals surface area contributed by atoms with E-state index in [1.165, 1.54) is 4.90 Å². The number of carboxylic acids is 1. The highest BCUT2D eigenvalue weighted by molar-refractivity contribution is 5.84. The van der Waals surface area contributed by atoms with Gasteiger partial charge < -0.3 is 24.8 Å². The van der Waals surface area contributed by atoms with Gasteiger partial charge in [-0.1, -0.05) is 48.5 Å². The van der Waals surface area contributed by atoms with E-state index in [1.54, 1.807) is 0 Å². The first-order chi connectivity index (χ1) is 17.0. The Hall–Kier alpha value is -3.39. The number of carbonyl (C=O) groups is 3. The van der Waals surface area contributed by atoms with E-state index in [0.29, 0.717) is 19.6 Å². The number of piperidine rings is 1. The lowest BCUT2D eigenvalue weighted by Crippen LogP contribution is -2.49. The first kappa shape index (κ1) is 24.7. The van der Waals surface area contributed by atoms with Crippen molar-refractivity contribution in [3.8, 4) is 11.1 Å². The Morgan fingerprint density at radius 3 is 2.34 bits per heavy atom. The maximum absolute atomic E-state index is 12.8. The van der Waals surface area contributed by atoms with Crippen LogP contribution in [0.1, 0.15) is 49.7 Å². The van der Waals surface area contributed by atoms with Gasteiger partial charge in [0.25, 0.3) is 0 Å². The third kappa shape index (κ3) is 5.65. The zero-order valence-electron chi connectivity index (χ0n) is 19.9. The van der Waals surface area contributed by atoms with E-state index in [0.717, 1.165) is 35.1 Å². The molecule has 0 spiro atoms. The molecule has 0 bridgehead atoms. The minimum atomic E-state index is -0.984. The number of nitrogens with one attached hydrogen (secondary N) is 1. The Kier molecular flexibility index (Phi) is 8.02. The maximum atomic E-state index is 12.8. The third-order valence-corrected chi connectivity index (χ3v) is 6.73. The van der Waals surface area contributed by atoms with Crippen molar-refractivity contribution in [2.75, 3.05) is 26.3 Å². The van der Waals surface area contributed by atoms with Crippen LogP contribution in [0.25, 0.3) is 11.1 Å². The van der Waals surface area contributed by atoms with Crippen molar-refractivity contribution in [3.05, 3.63) is 59.7 Å². The minimum absolute atomic E-state index is 0.00127. The molecule has 1 aliphatic heterocycles. The average molecular weight is 481 g/mol. The van der Waals surface area contributed by atoms with Crippen LogP contribution in [0.3, 0.4) is 0 Å². The maximum Gasteiger partial charge on any atom is 0.407 e. The standard InChI is InChI=1S/C27H32N2O6/c1-2-34-18(15-25(30)29-14-8-7-13-24(29)26(31)32)16-28-27(33)35-17-23-21-11-5-3-9-19(21)20-10-4-6-12-22(20)23/h3-6,9-12,18,23-24H,2,7-8,13-17H2,1H3,(H,28,33)(H,31,32)/t18?,24-/m1/s1. The molecule has 2 aromatic rings. The van der Waals surface area contributed by atoms with Crippen LogP contribution in [0.4, 0.5) is 4.79 Å². The second-order valence-electron chi connectivity index (χ2n) is 8.92. The van der Waals surface area contributed by atoms with Gasteiger partial charge in [0, 0.05) is 25.6 Å². The second kappa shape index (κ2) is 11.4. The summed E-state index contributed by atoms with van der Waals surface area (Å²) in [5, 5.41) is 12.2. The van der Waals surface area contributed by atoms with Gasteiger partial charge in [0.2, 0.25) is 5.91 Å². The van der Waals surface area contributed by atoms with Crippen molar-refractivity contribution in [1.82, 2.24) is 10.2 Å². The van der Waals surface area contributed by atoms with Gasteiger partial charge in [0.1, 0.15) is 12.6 Å². The Labute approximate surface area is 205 Å². The summed E-state index contributed by atoms with van der Waals surface area (Å²) in [6, 6.07) is 15.5. The summed E-state index contributed by atoms with van der Waals surface area (Å²) in [7, 11) is 0. The van der Waals surface area contributed by atoms with E-state index in [1.807, 2.05) is 31.2 Å². The molecule has 2 aliphatic rings. The van der Waals surface area contributed by atoms with Crippen molar-refractivity contribution in [2.45, 2.75) is 50.7 Å². The number of amides is 2. The summed E-state index contributed by atoms with van der Waals surface area (Å²) in [4.78, 5) is 38.3. The van der Waals surface area contributed by atoms with Gasteiger partial charge in [-0.25, -0.2) is 9.59 Å². The first-order valence-corrected chi connectivity index (χ1v) is 12.2. The Bertz CT molecular complexity index is 1030. The lowest BCUT2D eigenvalue weighted by molar-refractivity contribution is -0.153. The summed E-state index contributed by atoms with van der Waals surface area (Å²) in [5.74, 6) is -1.29. The van der Waals surface area contributed by atoms with Gasteiger partial charge in [-0.3, -0.25) is 4.79 Å². The smallest absolute Gasteiger partial charge is 0.407 e. The number of nitrogens with zero attached hydrogens (tertiary/aromatic N) is 1. The number of fused-ring (bicyclic) bond motifs is 3. The number of benzene rings is 2. The number of hydrogen-bond acceptors (Lipinski definition) is 5. The van der Waals surface area contributed by atoms with Crippen LogP contribution in [0.2, 0.25) is 0 Å². The number of likely N-dealkylation sites (tertiary alicyclic amines) is 1. The topological polar surface area (TPSA) is 105 Å². The van der Waals surface area contributed by atoms with Crippen molar-refractivity contribution >= 4 is 18.0 Å². The number of carbonyl (C=O) groups excluding carboxylic acids is 2. The number of hydrogen-bond donors (Lipinski definition) is 2. The van der Waals surface area contributed by atoms with E-state index >= 15 is 0 Å². The molecule has 2 N–H and O–H groups in total. The number of ether oxygens (including phenoxy) is 2. The van der Waals surface area contributed by atoms with Crippen LogP contribution in [0.15, 0.2) is 48.5 Å². The summed E-state index contributed by atoms with van der Waals surface area (Å²) in [6.07, 6.45) is 0.889. The molecule has 186 valence electrons. The Morgan fingerprint density at radius 1 is 1.06 bits per heavy atom. The van der Waals surface area contributed by atoms with Crippen LogP contribution in [0.5, 0.6) is 0 Å². The van der Waals surface area contributed by atoms with E-state index in [2.05, 4.69) is 29.6 Å². The van der Waals surface area contributed by atoms with Gasteiger partial charge in [-0.2, -0.15) is 0 Å². The van der Waals surface area contributed by atoms with Gasteiger partial charge in [-0.05, 0) is 48.4 Å². The Morgan fingerprint density at radius 2 is 1.71 bits per heavy atom. The molecule has 8 nitrogen and oxygen atoms in total. The van der Waals surface area contributed by atoms with E-state index in [4.69, 9.17) is 9.47 Å². The van der Waals surface area contributed by atoms with Crippen LogP contribution < -0.4 is 5.32 Å². The fourth-order valence-electron chi connectivity index (χ4n) is 5.07. The lowest BCUT2D eigenvalue weighted by atomic mass is 9.98. The highest BCUT2D eigenvalue weighted by Gasteiger charge is 2.33. The molecule has 0 saturated carbocycles. The number of rotatable bonds is 9. The third-order valence-electron chi connectivity index (χ3n) is 6.73. The van der Waals surface area contributed by atoms with Crippen LogP contribution in [-0.4, -0.2) is 66.4 Å². The summed E-state index contributed by atoms with van der Waals surface area (Å²) >= 11 is 0. The van der Waals surface area contributed by atoms with Gasteiger partial charge in [0.05, 0.1) is 12.5 Å². The van der Waals surface area contributed by atoms with Crippen molar-refractivity contribution in [2.24, 2.45) is 0 Å². The van der Waals surface area contributed by atoms with Gasteiger partial charge in [-0.15, -0.1) is 0 Å². The van der Waals surface area contributed by atoms with Crippen LogP contribution in [-0.2, 0) is 19.1 Å². The molecule has 4 rings (SSSR count). The predicted octanol–water partition coefficient (Wildman–Crippen LogP) is 3.79. The summed E-state index contributed by atoms with van der Waals surface area (Å²) in [5.41, 5.74) is 4.58. The molecule has 35 heavy (non-hydrogen) atoms. The quantitative estimate of drug-likeness (QED) is 0.566. The SMILES string of the molecule is CCOC(CNC(=O)OCC1c2ccccc2-c2ccccc21)CC(=O)N1CCCC[C@@H]1C(=O)O. The number of alkyl carbamates (subject to hydrolysis) is 1. The molecule has 1 unspecified atom stereocenters. The highest BCUT2D eigenvalue weighted by atomic mass is 16.5. The fourth-order valence-corrected chi connectivity index (χ4v) is 5.07. The second-order valence-corrected chi connectivity index (χ2v) is 8.92. The van der Waals surface area contributed by atoms with E-state index < -0.39 is 24.2 Å². The van der Waals surface area contributed by atoms with Crippen LogP contribution in [0, 0.1) is 0 Å². The lowest BCUT2D eigenvalue weighted by Gasteiger charge is -2.34. The molecule has 8 heteroatoms. The molecule has 2 aromatic carbocycles. The van der Waals surface area contributed by atoms with E-state index in [9.17, 15) is 19.5 Å². The monoisotopic (exact) mass is 480 g/mol. The molecule has 0 radical (unpaired) electrons. The average Bonchev–Trinajstić information content (AvgIpc) is 3.19. The molecule has 1 fully saturated rings. The van der Waals surface area contributed by atoms with E-state index in [-0.39, 0.29) is 31.4 Å². The minimum Gasteiger partial charge on any atom is -0.480 e. The van der Waals surface area contributed by atoms with Crippen molar-refractivity contribution < 1.29 is 29.0 Å². The molecule has 2 amide bonds. The van der Waals surface area contributed by atoms with Gasteiger partial charge in [0.15, 0.2) is 0 Å². The van der Waals surface area contributed by atoms with Crippen molar-refractivity contribution in [1.29, 1.82) is 0 Å². The van der Waals surface area contributed by atoms with Gasteiger partial charge >= 0.3 is 12.1 Å². The zero-order chi connectivity index (χ0) is 24.8. The summed E-state index contributed by atoms with van der Waals surface area (Å²) < 4.78 is 11.2. The molecule has 1 heterocycles. The first-order valence-electron chi connectivity index (χ1n) is 12.2. The molecule has 2 atom stereocenters. The number of aliphatic carboxylic acids is 1. The molecule has 1 saturated heterocycles. The van der Waals surface area contributed by atoms with Crippen molar-refractivity contribution in [3.63, 3.8) is 0 Å². The molecular formula is C27H32N2O6. The normalized spacial score (nSPS) is 17.9. The largest absolute Gasteiger partial charge is 0.480 e. The molecule has 0 aromatic heterocycles. The molecule has 1 aliphatic carbocycles. The van der Waals surface area contributed by atoms with Crippen LogP contribution >= 0.6 is 0 Å². The summed E-state index contributed by atoms with van der Waals surface area (Å²) in [6.45, 7) is 2.90. The predicted molar refractivity (Wildman–Crippen MR) is 130 cm³/mol. The zero-order valence-corrected chi connectivity index (χ0v) is 19.9.